The zero-order valence-electron chi connectivity index (χ0n) is 8.33. The third kappa shape index (κ3) is 1.49. The maximum atomic E-state index is 9.42. The highest BCUT2D eigenvalue weighted by molar-refractivity contribution is 5.03. The zero-order chi connectivity index (χ0) is 9.31. The molecule has 0 bridgehead atoms. The fourth-order valence-electron chi connectivity index (χ4n) is 2.84. The topological polar surface area (TPSA) is 32.7 Å². The first-order valence-electron chi connectivity index (χ1n) is 5.28. The predicted octanol–water partition coefficient (Wildman–Crippen LogP) is 0.622. The normalized spacial score (nSPS) is 39.7. The first kappa shape index (κ1) is 9.44. The molecule has 0 radical (unpaired) electrons. The van der Waals surface area contributed by atoms with E-state index in [1.807, 2.05) is 6.92 Å². The van der Waals surface area contributed by atoms with Crippen LogP contribution in [-0.4, -0.2) is 48.0 Å². The van der Waals surface area contributed by atoms with E-state index in [1.54, 1.807) is 0 Å². The first-order valence-corrected chi connectivity index (χ1v) is 5.28. The van der Waals surface area contributed by atoms with Crippen molar-refractivity contribution >= 4 is 0 Å². The minimum absolute atomic E-state index is 0.0832. The summed E-state index contributed by atoms with van der Waals surface area (Å²) in [5.74, 6) is 0. The molecule has 2 aliphatic rings. The Hall–Kier alpha value is -0.120. The summed E-state index contributed by atoms with van der Waals surface area (Å²) in [6, 6.07) is 0. The number of hydrogen-bond donors (Lipinski definition) is 1. The van der Waals surface area contributed by atoms with Crippen molar-refractivity contribution in [1.29, 1.82) is 0 Å². The summed E-state index contributed by atoms with van der Waals surface area (Å²) in [4.78, 5) is 2.41. The molecule has 3 nitrogen and oxygen atoms in total. The number of aliphatic hydroxyl groups excluding tert-OH is 1. The average Bonchev–Trinajstić information content (AvgIpc) is 2.61. The molecule has 0 saturated carbocycles. The molecule has 0 amide bonds. The van der Waals surface area contributed by atoms with Gasteiger partial charge in [0.25, 0.3) is 0 Å². The Morgan fingerprint density at radius 3 is 3.08 bits per heavy atom. The molecule has 13 heavy (non-hydrogen) atoms. The molecule has 76 valence electrons. The van der Waals surface area contributed by atoms with E-state index >= 15 is 0 Å². The lowest BCUT2D eigenvalue weighted by atomic mass is 9.94. The van der Waals surface area contributed by atoms with E-state index in [9.17, 15) is 5.11 Å². The van der Waals surface area contributed by atoms with Crippen LogP contribution in [0.25, 0.3) is 0 Å². The summed E-state index contributed by atoms with van der Waals surface area (Å²) >= 11 is 0. The molecule has 2 unspecified atom stereocenters. The highest BCUT2D eigenvalue weighted by atomic mass is 16.5. The molecule has 0 aromatic heterocycles. The summed E-state index contributed by atoms with van der Waals surface area (Å²) in [5, 5.41) is 9.42. The van der Waals surface area contributed by atoms with Crippen LogP contribution in [0.2, 0.25) is 0 Å². The second-order valence-electron chi connectivity index (χ2n) is 4.21. The molecule has 2 rings (SSSR count). The van der Waals surface area contributed by atoms with Crippen LogP contribution >= 0.6 is 0 Å². The fraction of sp³-hybridized carbons (Fsp3) is 1.00. The van der Waals surface area contributed by atoms with Crippen molar-refractivity contribution in [1.82, 2.24) is 4.90 Å². The average molecular weight is 185 g/mol. The van der Waals surface area contributed by atoms with Crippen molar-refractivity contribution in [3.05, 3.63) is 0 Å². The third-order valence-corrected chi connectivity index (χ3v) is 3.47. The van der Waals surface area contributed by atoms with Crippen LogP contribution < -0.4 is 0 Å². The van der Waals surface area contributed by atoms with Gasteiger partial charge in [-0.15, -0.1) is 0 Å². The van der Waals surface area contributed by atoms with Gasteiger partial charge in [0.15, 0.2) is 0 Å². The van der Waals surface area contributed by atoms with Gasteiger partial charge in [-0.25, -0.2) is 0 Å². The molecular weight excluding hydrogens is 166 g/mol. The van der Waals surface area contributed by atoms with Crippen LogP contribution in [0.1, 0.15) is 26.2 Å². The lowest BCUT2D eigenvalue weighted by Gasteiger charge is -2.28. The number of fused-ring (bicyclic) bond motifs is 1. The monoisotopic (exact) mass is 185 g/mol. The molecule has 0 aromatic rings. The number of ether oxygens (including phenoxy) is 1. The lowest BCUT2D eigenvalue weighted by Crippen LogP contribution is -2.41. The van der Waals surface area contributed by atoms with Gasteiger partial charge in [0.2, 0.25) is 0 Å². The summed E-state index contributed by atoms with van der Waals surface area (Å²) < 4.78 is 5.61. The smallest absolute Gasteiger partial charge is 0.0720 e. The van der Waals surface area contributed by atoms with Gasteiger partial charge >= 0.3 is 0 Å². The van der Waals surface area contributed by atoms with E-state index in [2.05, 4.69) is 4.90 Å². The van der Waals surface area contributed by atoms with Crippen molar-refractivity contribution in [2.75, 3.05) is 26.3 Å². The van der Waals surface area contributed by atoms with Gasteiger partial charge in [-0.05, 0) is 32.7 Å². The van der Waals surface area contributed by atoms with Crippen LogP contribution in [0.3, 0.4) is 0 Å². The first-order chi connectivity index (χ1) is 6.30. The van der Waals surface area contributed by atoms with Gasteiger partial charge < -0.3 is 9.84 Å². The molecule has 2 saturated heterocycles. The van der Waals surface area contributed by atoms with Crippen molar-refractivity contribution in [2.45, 2.75) is 37.8 Å². The SMILES string of the molecule is CCOC1CN2CCCC2(CO)C1. The van der Waals surface area contributed by atoms with Gasteiger partial charge in [0, 0.05) is 18.7 Å². The van der Waals surface area contributed by atoms with Crippen molar-refractivity contribution in [3.63, 3.8) is 0 Å². The number of hydrogen-bond acceptors (Lipinski definition) is 3. The molecule has 2 fully saturated rings. The van der Waals surface area contributed by atoms with Crippen molar-refractivity contribution in [2.24, 2.45) is 0 Å². The fourth-order valence-corrected chi connectivity index (χ4v) is 2.84. The molecule has 2 heterocycles. The van der Waals surface area contributed by atoms with Gasteiger partial charge in [0.05, 0.1) is 12.7 Å². The Morgan fingerprint density at radius 1 is 1.62 bits per heavy atom. The summed E-state index contributed by atoms with van der Waals surface area (Å²) in [7, 11) is 0. The molecular formula is C10H19NO2. The minimum Gasteiger partial charge on any atom is -0.394 e. The van der Waals surface area contributed by atoms with Crippen LogP contribution in [0.5, 0.6) is 0 Å². The van der Waals surface area contributed by atoms with E-state index < -0.39 is 0 Å². The molecule has 0 spiro atoms. The number of aliphatic hydroxyl groups is 1. The van der Waals surface area contributed by atoms with Crippen LogP contribution in [0.4, 0.5) is 0 Å². The van der Waals surface area contributed by atoms with E-state index in [-0.39, 0.29) is 5.54 Å². The Bertz CT molecular complexity index is 186. The Labute approximate surface area is 79.7 Å². The quantitative estimate of drug-likeness (QED) is 0.699. The van der Waals surface area contributed by atoms with E-state index in [4.69, 9.17) is 4.74 Å². The molecule has 1 N–H and O–H groups in total. The number of rotatable bonds is 3. The predicted molar refractivity (Wildman–Crippen MR) is 50.7 cm³/mol. The standard InChI is InChI=1S/C10H19NO2/c1-2-13-9-6-10(8-12)4-3-5-11(10)7-9/h9,12H,2-8H2,1H3. The van der Waals surface area contributed by atoms with E-state index in [0.717, 1.165) is 32.5 Å². The van der Waals surface area contributed by atoms with Crippen molar-refractivity contribution < 1.29 is 9.84 Å². The molecule has 2 atom stereocenters. The molecule has 0 aromatic carbocycles. The minimum atomic E-state index is 0.0832. The second kappa shape index (κ2) is 3.56. The van der Waals surface area contributed by atoms with Gasteiger partial charge in [0.1, 0.15) is 0 Å². The zero-order valence-corrected chi connectivity index (χ0v) is 8.33. The summed E-state index contributed by atoms with van der Waals surface area (Å²) in [6.45, 7) is 5.30. The largest absolute Gasteiger partial charge is 0.394 e. The summed E-state index contributed by atoms with van der Waals surface area (Å²) in [6.07, 6.45) is 3.77. The van der Waals surface area contributed by atoms with Crippen molar-refractivity contribution in [3.8, 4) is 0 Å². The highest BCUT2D eigenvalue weighted by Gasteiger charge is 2.48. The Kier molecular flexibility index (Phi) is 2.58. The van der Waals surface area contributed by atoms with Crippen LogP contribution in [-0.2, 0) is 4.74 Å². The van der Waals surface area contributed by atoms with Gasteiger partial charge in [-0.2, -0.15) is 0 Å². The van der Waals surface area contributed by atoms with Crippen LogP contribution in [0, 0.1) is 0 Å². The van der Waals surface area contributed by atoms with E-state index in [0.29, 0.717) is 12.7 Å². The highest BCUT2D eigenvalue weighted by Crippen LogP contribution is 2.39. The summed E-state index contributed by atoms with van der Waals surface area (Å²) in [5.41, 5.74) is 0.0832. The van der Waals surface area contributed by atoms with Gasteiger partial charge in [-0.1, -0.05) is 0 Å². The second-order valence-corrected chi connectivity index (χ2v) is 4.21. The van der Waals surface area contributed by atoms with E-state index in [1.165, 1.54) is 6.42 Å². The molecule has 2 aliphatic heterocycles. The van der Waals surface area contributed by atoms with Crippen LogP contribution in [0.15, 0.2) is 0 Å². The maximum Gasteiger partial charge on any atom is 0.0720 e. The molecule has 3 heteroatoms. The Balaban J connectivity index is 2.00. The maximum absolute atomic E-state index is 9.42. The Morgan fingerprint density at radius 2 is 2.46 bits per heavy atom. The van der Waals surface area contributed by atoms with Gasteiger partial charge in [-0.3, -0.25) is 4.90 Å². The molecule has 0 aliphatic carbocycles. The third-order valence-electron chi connectivity index (χ3n) is 3.47. The number of nitrogens with zero attached hydrogens (tertiary/aromatic N) is 1. The lowest BCUT2D eigenvalue weighted by molar-refractivity contribution is 0.0652.